The van der Waals surface area contributed by atoms with Crippen molar-refractivity contribution in [1.29, 1.82) is 0 Å². The van der Waals surface area contributed by atoms with Crippen molar-refractivity contribution >= 4 is 27.0 Å². The number of rotatable bonds is 3. The van der Waals surface area contributed by atoms with E-state index in [2.05, 4.69) is 5.32 Å². The number of fused-ring (bicyclic) bond motifs is 1. The van der Waals surface area contributed by atoms with Crippen molar-refractivity contribution in [2.24, 2.45) is 0 Å². The number of benzene rings is 1. The monoisotopic (exact) mass is 322 g/mol. The maximum Gasteiger partial charge on any atom is 0.273 e. The molecular formula is C15H18N2O2S2. The molecule has 1 aliphatic heterocycles. The molecule has 112 valence electrons. The van der Waals surface area contributed by atoms with E-state index in [-0.39, 0.29) is 6.04 Å². The first-order valence-corrected chi connectivity index (χ1v) is 9.29. The Bertz CT molecular complexity index is 711. The second-order valence-electron chi connectivity index (χ2n) is 5.05. The third-order valence-electron chi connectivity index (χ3n) is 3.82. The number of anilines is 1. The summed E-state index contributed by atoms with van der Waals surface area (Å²) in [7, 11) is -1.54. The molecule has 0 saturated carbocycles. The third-order valence-corrected chi connectivity index (χ3v) is 7.01. The summed E-state index contributed by atoms with van der Waals surface area (Å²) >= 11 is 1.27. The molecule has 0 aliphatic carbocycles. The van der Waals surface area contributed by atoms with E-state index < -0.39 is 10.0 Å². The fourth-order valence-corrected chi connectivity index (χ4v) is 5.43. The lowest BCUT2D eigenvalue weighted by atomic mass is 10.0. The van der Waals surface area contributed by atoms with Gasteiger partial charge in [0.15, 0.2) is 0 Å². The molecule has 1 N–H and O–H groups in total. The molecule has 21 heavy (non-hydrogen) atoms. The molecule has 2 heterocycles. The van der Waals surface area contributed by atoms with Crippen LogP contribution in [0.3, 0.4) is 0 Å². The standard InChI is InChI=1S/C15H18N2O2S2/c1-16-13-7-4-10-17(14-8-3-2-6-12(13)14)21(18,19)15-9-5-11-20-15/h2-3,5-6,8-9,11,13,16H,4,7,10H2,1H3. The Morgan fingerprint density at radius 1 is 1.24 bits per heavy atom. The molecule has 0 fully saturated rings. The van der Waals surface area contributed by atoms with Gasteiger partial charge in [0.2, 0.25) is 0 Å². The molecule has 0 bridgehead atoms. The van der Waals surface area contributed by atoms with Gasteiger partial charge < -0.3 is 5.32 Å². The maximum atomic E-state index is 12.9. The van der Waals surface area contributed by atoms with Crippen LogP contribution in [0.15, 0.2) is 46.0 Å². The maximum absolute atomic E-state index is 12.9. The Morgan fingerprint density at radius 3 is 2.76 bits per heavy atom. The van der Waals surface area contributed by atoms with Gasteiger partial charge in [-0.2, -0.15) is 0 Å². The van der Waals surface area contributed by atoms with Gasteiger partial charge in [-0.1, -0.05) is 24.3 Å². The first kappa shape index (κ1) is 14.6. The molecule has 0 spiro atoms. The Kier molecular flexibility index (Phi) is 4.01. The molecule has 0 radical (unpaired) electrons. The lowest BCUT2D eigenvalue weighted by molar-refractivity contribution is 0.543. The van der Waals surface area contributed by atoms with Crippen LogP contribution in [0.5, 0.6) is 0 Å². The van der Waals surface area contributed by atoms with Crippen LogP contribution in [0.2, 0.25) is 0 Å². The number of para-hydroxylation sites is 1. The molecule has 6 heteroatoms. The fraction of sp³-hybridized carbons (Fsp3) is 0.333. The topological polar surface area (TPSA) is 49.4 Å². The molecule has 1 atom stereocenters. The lowest BCUT2D eigenvalue weighted by Crippen LogP contribution is -2.31. The second-order valence-corrected chi connectivity index (χ2v) is 8.09. The Labute approximate surface area is 129 Å². The molecule has 2 aromatic rings. The van der Waals surface area contributed by atoms with Gasteiger partial charge in [-0.05, 0) is 43.0 Å². The smallest absolute Gasteiger partial charge is 0.273 e. The van der Waals surface area contributed by atoms with E-state index in [1.807, 2.05) is 31.3 Å². The van der Waals surface area contributed by atoms with Crippen LogP contribution in [-0.2, 0) is 10.0 Å². The summed E-state index contributed by atoms with van der Waals surface area (Å²) in [6.07, 6.45) is 1.77. The summed E-state index contributed by atoms with van der Waals surface area (Å²) in [5.74, 6) is 0. The van der Waals surface area contributed by atoms with Gasteiger partial charge in [0.1, 0.15) is 4.21 Å². The zero-order valence-electron chi connectivity index (χ0n) is 11.8. The van der Waals surface area contributed by atoms with E-state index >= 15 is 0 Å². The van der Waals surface area contributed by atoms with Gasteiger partial charge in [0.05, 0.1) is 5.69 Å². The molecule has 1 aliphatic rings. The summed E-state index contributed by atoms with van der Waals surface area (Å²) in [6.45, 7) is 0.523. The third kappa shape index (κ3) is 2.59. The summed E-state index contributed by atoms with van der Waals surface area (Å²) in [6, 6.07) is 11.4. The molecule has 4 nitrogen and oxygen atoms in total. The zero-order valence-corrected chi connectivity index (χ0v) is 13.5. The summed E-state index contributed by atoms with van der Waals surface area (Å²) in [4.78, 5) is 0. The first-order chi connectivity index (χ1) is 10.1. The summed E-state index contributed by atoms with van der Waals surface area (Å²) in [5.41, 5.74) is 1.85. The minimum Gasteiger partial charge on any atom is -0.313 e. The van der Waals surface area contributed by atoms with E-state index in [9.17, 15) is 8.42 Å². The molecule has 1 unspecified atom stereocenters. The zero-order chi connectivity index (χ0) is 14.9. The van der Waals surface area contributed by atoms with Gasteiger partial charge in [0, 0.05) is 12.6 Å². The van der Waals surface area contributed by atoms with E-state index in [0.29, 0.717) is 10.8 Å². The molecule has 1 aromatic heterocycles. The van der Waals surface area contributed by atoms with E-state index in [4.69, 9.17) is 0 Å². The van der Waals surface area contributed by atoms with Crippen molar-refractivity contribution in [3.63, 3.8) is 0 Å². The summed E-state index contributed by atoms with van der Waals surface area (Å²) in [5, 5.41) is 5.09. The van der Waals surface area contributed by atoms with Crippen LogP contribution in [-0.4, -0.2) is 22.0 Å². The van der Waals surface area contributed by atoms with Crippen molar-refractivity contribution in [1.82, 2.24) is 5.32 Å². The SMILES string of the molecule is CNC1CCCN(S(=O)(=O)c2cccs2)c2ccccc21. The number of sulfonamides is 1. The highest BCUT2D eigenvalue weighted by atomic mass is 32.2. The highest BCUT2D eigenvalue weighted by Crippen LogP contribution is 2.36. The van der Waals surface area contributed by atoms with Crippen molar-refractivity contribution < 1.29 is 8.42 Å². The van der Waals surface area contributed by atoms with E-state index in [1.165, 1.54) is 11.3 Å². The van der Waals surface area contributed by atoms with Crippen molar-refractivity contribution in [2.45, 2.75) is 23.1 Å². The van der Waals surface area contributed by atoms with Gasteiger partial charge in [-0.25, -0.2) is 8.42 Å². The van der Waals surface area contributed by atoms with Gasteiger partial charge >= 0.3 is 0 Å². The van der Waals surface area contributed by atoms with Gasteiger partial charge in [-0.3, -0.25) is 4.31 Å². The molecular weight excluding hydrogens is 304 g/mol. The Morgan fingerprint density at radius 2 is 2.05 bits per heavy atom. The predicted molar refractivity (Wildman–Crippen MR) is 86.3 cm³/mol. The Balaban J connectivity index is 2.11. The predicted octanol–water partition coefficient (Wildman–Crippen LogP) is 3.00. The average Bonchev–Trinajstić information content (AvgIpc) is 2.96. The van der Waals surface area contributed by atoms with E-state index in [0.717, 1.165) is 24.1 Å². The first-order valence-electron chi connectivity index (χ1n) is 6.97. The minimum absolute atomic E-state index is 0.199. The second kappa shape index (κ2) is 5.79. The fourth-order valence-electron chi connectivity index (χ4n) is 2.79. The highest BCUT2D eigenvalue weighted by molar-refractivity contribution is 7.94. The van der Waals surface area contributed by atoms with Crippen molar-refractivity contribution in [3.05, 3.63) is 47.3 Å². The van der Waals surface area contributed by atoms with Gasteiger partial charge in [-0.15, -0.1) is 11.3 Å². The molecule has 1 aromatic carbocycles. The number of hydrogen-bond acceptors (Lipinski definition) is 4. The number of thiophene rings is 1. The number of nitrogens with zero attached hydrogens (tertiary/aromatic N) is 1. The van der Waals surface area contributed by atoms with Crippen LogP contribution in [0.4, 0.5) is 5.69 Å². The molecule has 3 rings (SSSR count). The average molecular weight is 322 g/mol. The van der Waals surface area contributed by atoms with Crippen molar-refractivity contribution in [3.8, 4) is 0 Å². The lowest BCUT2D eigenvalue weighted by Gasteiger charge is -2.24. The van der Waals surface area contributed by atoms with E-state index in [1.54, 1.807) is 21.8 Å². The van der Waals surface area contributed by atoms with Crippen LogP contribution < -0.4 is 9.62 Å². The normalized spacial score (nSPS) is 19.1. The van der Waals surface area contributed by atoms with Crippen LogP contribution in [0.1, 0.15) is 24.4 Å². The molecule has 0 amide bonds. The van der Waals surface area contributed by atoms with Crippen LogP contribution >= 0.6 is 11.3 Å². The summed E-state index contributed by atoms with van der Waals surface area (Å²) < 4.78 is 27.7. The Hall–Kier alpha value is -1.37. The van der Waals surface area contributed by atoms with Gasteiger partial charge in [0.25, 0.3) is 10.0 Å². The largest absolute Gasteiger partial charge is 0.313 e. The minimum atomic E-state index is -3.46. The van der Waals surface area contributed by atoms with Crippen LogP contribution in [0.25, 0.3) is 0 Å². The van der Waals surface area contributed by atoms with Crippen molar-refractivity contribution in [2.75, 3.05) is 17.9 Å². The van der Waals surface area contributed by atoms with Crippen LogP contribution in [0, 0.1) is 0 Å². The number of nitrogens with one attached hydrogen (secondary N) is 1. The quantitative estimate of drug-likeness (QED) is 0.945. The highest BCUT2D eigenvalue weighted by Gasteiger charge is 2.30. The number of hydrogen-bond donors (Lipinski definition) is 1. The molecule has 0 saturated heterocycles.